The average molecular weight is 275 g/mol. The third-order valence-electron chi connectivity index (χ3n) is 2.97. The monoisotopic (exact) mass is 274 g/mol. The number of amides is 1. The van der Waals surface area contributed by atoms with Gasteiger partial charge in [-0.15, -0.1) is 0 Å². The molecule has 1 saturated heterocycles. The van der Waals surface area contributed by atoms with Gasteiger partial charge in [-0.2, -0.15) is 0 Å². The summed E-state index contributed by atoms with van der Waals surface area (Å²) in [5.74, 6) is -2.06. The Hall–Kier alpha value is -1.20. The molecule has 2 rings (SSSR count). The smallest absolute Gasteiger partial charge is 0.227 e. The number of benzene rings is 1. The van der Waals surface area contributed by atoms with Crippen molar-refractivity contribution in [1.29, 1.82) is 0 Å². The highest BCUT2D eigenvalue weighted by Crippen LogP contribution is 2.27. The highest BCUT2D eigenvalue weighted by molar-refractivity contribution is 6.33. The van der Waals surface area contributed by atoms with Gasteiger partial charge in [0.1, 0.15) is 5.82 Å². The lowest BCUT2D eigenvalue weighted by atomic mass is 9.97. The van der Waals surface area contributed by atoms with E-state index in [9.17, 15) is 13.6 Å². The molecule has 1 amide bonds. The van der Waals surface area contributed by atoms with Crippen LogP contribution in [0.2, 0.25) is 5.02 Å². The molecular formula is C12H13ClF2N2O. The summed E-state index contributed by atoms with van der Waals surface area (Å²) in [5, 5.41) is 5.44. The summed E-state index contributed by atoms with van der Waals surface area (Å²) >= 11 is 5.71. The van der Waals surface area contributed by atoms with Crippen LogP contribution < -0.4 is 10.6 Å². The number of hydrogen-bond donors (Lipinski definition) is 2. The summed E-state index contributed by atoms with van der Waals surface area (Å²) in [7, 11) is 0. The first kappa shape index (κ1) is 13.2. The van der Waals surface area contributed by atoms with Crippen LogP contribution in [0.25, 0.3) is 0 Å². The number of halogens is 3. The Morgan fingerprint density at radius 2 is 2.00 bits per heavy atom. The highest BCUT2D eigenvalue weighted by atomic mass is 35.5. The fourth-order valence-electron chi connectivity index (χ4n) is 1.97. The largest absolute Gasteiger partial charge is 0.322 e. The van der Waals surface area contributed by atoms with Crippen LogP contribution in [-0.4, -0.2) is 19.0 Å². The van der Waals surface area contributed by atoms with E-state index in [1.807, 2.05) is 0 Å². The number of rotatable bonds is 2. The predicted octanol–water partition coefficient (Wildman–Crippen LogP) is 2.56. The first-order valence-corrected chi connectivity index (χ1v) is 6.12. The Labute approximate surface area is 109 Å². The molecule has 18 heavy (non-hydrogen) atoms. The zero-order valence-electron chi connectivity index (χ0n) is 9.60. The van der Waals surface area contributed by atoms with E-state index in [0.717, 1.165) is 19.2 Å². The van der Waals surface area contributed by atoms with Gasteiger partial charge in [-0.05, 0) is 32.0 Å². The molecule has 1 aliphatic heterocycles. The lowest BCUT2D eigenvalue weighted by Crippen LogP contribution is -2.34. The molecular weight excluding hydrogens is 262 g/mol. The van der Waals surface area contributed by atoms with Crippen LogP contribution in [0.1, 0.15) is 12.8 Å². The van der Waals surface area contributed by atoms with Crippen molar-refractivity contribution in [2.24, 2.45) is 5.92 Å². The number of piperidine rings is 1. The summed E-state index contributed by atoms with van der Waals surface area (Å²) in [5.41, 5.74) is -0.151. The van der Waals surface area contributed by atoms with Crippen LogP contribution in [0.15, 0.2) is 12.1 Å². The maximum Gasteiger partial charge on any atom is 0.227 e. The van der Waals surface area contributed by atoms with Crippen LogP contribution in [-0.2, 0) is 4.79 Å². The van der Waals surface area contributed by atoms with Crippen LogP contribution in [0.4, 0.5) is 14.5 Å². The number of carbonyl (C=O) groups is 1. The van der Waals surface area contributed by atoms with Crippen molar-refractivity contribution >= 4 is 23.2 Å². The summed E-state index contributed by atoms with van der Waals surface area (Å²) < 4.78 is 26.3. The minimum absolute atomic E-state index is 0.130. The first-order chi connectivity index (χ1) is 8.58. The van der Waals surface area contributed by atoms with Gasteiger partial charge in [-0.25, -0.2) is 8.78 Å². The van der Waals surface area contributed by atoms with Gasteiger partial charge < -0.3 is 10.6 Å². The van der Waals surface area contributed by atoms with Gasteiger partial charge in [-0.3, -0.25) is 4.79 Å². The summed E-state index contributed by atoms with van der Waals surface area (Å²) in [6.07, 6.45) is 1.40. The number of carbonyl (C=O) groups excluding carboxylic acids is 1. The van der Waals surface area contributed by atoms with Crippen LogP contribution >= 0.6 is 11.6 Å². The van der Waals surface area contributed by atoms with Gasteiger partial charge in [0, 0.05) is 12.0 Å². The Bertz CT molecular complexity index is 438. The lowest BCUT2D eigenvalue weighted by Gasteiger charge is -2.22. The van der Waals surface area contributed by atoms with Gasteiger partial charge in [0.15, 0.2) is 5.82 Å². The Kier molecular flexibility index (Phi) is 4.14. The van der Waals surface area contributed by atoms with E-state index in [-0.39, 0.29) is 22.5 Å². The third kappa shape index (κ3) is 2.97. The molecule has 0 aliphatic carbocycles. The molecule has 0 bridgehead atoms. The quantitative estimate of drug-likeness (QED) is 0.870. The van der Waals surface area contributed by atoms with Crippen molar-refractivity contribution < 1.29 is 13.6 Å². The Morgan fingerprint density at radius 3 is 2.61 bits per heavy atom. The molecule has 0 radical (unpaired) electrons. The zero-order valence-corrected chi connectivity index (χ0v) is 10.4. The molecule has 0 spiro atoms. The molecule has 1 aromatic rings. The van der Waals surface area contributed by atoms with Gasteiger partial charge in [0.25, 0.3) is 0 Å². The van der Waals surface area contributed by atoms with E-state index < -0.39 is 11.6 Å². The molecule has 1 aromatic carbocycles. The highest BCUT2D eigenvalue weighted by Gasteiger charge is 2.22. The topological polar surface area (TPSA) is 41.1 Å². The zero-order chi connectivity index (χ0) is 13.1. The standard InChI is InChI=1S/C12H13ClF2N2O/c13-9-5-8(14)6-10(15)11(9)17-12(18)7-1-3-16-4-2-7/h5-7,16H,1-4H2,(H,17,18). The fourth-order valence-corrected chi connectivity index (χ4v) is 2.21. The molecule has 0 unspecified atom stereocenters. The third-order valence-corrected chi connectivity index (χ3v) is 3.26. The van der Waals surface area contributed by atoms with Crippen molar-refractivity contribution in [3.63, 3.8) is 0 Å². The SMILES string of the molecule is O=C(Nc1c(F)cc(F)cc1Cl)C1CCNCC1. The van der Waals surface area contributed by atoms with Gasteiger partial charge in [0.2, 0.25) is 5.91 Å². The Morgan fingerprint density at radius 1 is 1.33 bits per heavy atom. The minimum atomic E-state index is -0.859. The second kappa shape index (κ2) is 5.63. The molecule has 1 heterocycles. The van der Waals surface area contributed by atoms with Crippen molar-refractivity contribution in [1.82, 2.24) is 5.32 Å². The summed E-state index contributed by atoms with van der Waals surface area (Å²) in [6, 6.07) is 1.67. The lowest BCUT2D eigenvalue weighted by molar-refractivity contribution is -0.120. The second-order valence-electron chi connectivity index (χ2n) is 4.26. The van der Waals surface area contributed by atoms with Gasteiger partial charge in [-0.1, -0.05) is 11.6 Å². The van der Waals surface area contributed by atoms with E-state index in [4.69, 9.17) is 11.6 Å². The van der Waals surface area contributed by atoms with Crippen molar-refractivity contribution in [3.8, 4) is 0 Å². The van der Waals surface area contributed by atoms with Crippen molar-refractivity contribution in [3.05, 3.63) is 28.8 Å². The number of hydrogen-bond acceptors (Lipinski definition) is 2. The van der Waals surface area contributed by atoms with E-state index in [1.165, 1.54) is 0 Å². The molecule has 0 aromatic heterocycles. The average Bonchev–Trinajstić information content (AvgIpc) is 2.34. The maximum atomic E-state index is 13.5. The van der Waals surface area contributed by atoms with E-state index >= 15 is 0 Å². The van der Waals surface area contributed by atoms with Gasteiger partial charge in [0.05, 0.1) is 10.7 Å². The van der Waals surface area contributed by atoms with Crippen molar-refractivity contribution in [2.45, 2.75) is 12.8 Å². The van der Waals surface area contributed by atoms with Crippen LogP contribution in [0.5, 0.6) is 0 Å². The molecule has 6 heteroatoms. The molecule has 1 aliphatic rings. The van der Waals surface area contributed by atoms with E-state index in [0.29, 0.717) is 18.9 Å². The summed E-state index contributed by atoms with van der Waals surface area (Å²) in [4.78, 5) is 11.9. The van der Waals surface area contributed by atoms with E-state index in [2.05, 4.69) is 10.6 Å². The molecule has 3 nitrogen and oxygen atoms in total. The normalized spacial score (nSPS) is 16.6. The van der Waals surface area contributed by atoms with Crippen LogP contribution in [0, 0.1) is 17.6 Å². The number of nitrogens with one attached hydrogen (secondary N) is 2. The summed E-state index contributed by atoms with van der Waals surface area (Å²) in [6.45, 7) is 1.52. The first-order valence-electron chi connectivity index (χ1n) is 5.74. The second-order valence-corrected chi connectivity index (χ2v) is 4.67. The minimum Gasteiger partial charge on any atom is -0.322 e. The molecule has 98 valence electrons. The van der Waals surface area contributed by atoms with E-state index in [1.54, 1.807) is 0 Å². The molecule has 0 atom stereocenters. The van der Waals surface area contributed by atoms with Crippen LogP contribution in [0.3, 0.4) is 0 Å². The maximum absolute atomic E-state index is 13.5. The number of anilines is 1. The molecule has 0 saturated carbocycles. The Balaban J connectivity index is 2.11. The molecule has 2 N–H and O–H groups in total. The van der Waals surface area contributed by atoms with Crippen molar-refractivity contribution in [2.75, 3.05) is 18.4 Å². The fraction of sp³-hybridized carbons (Fsp3) is 0.417. The molecule has 1 fully saturated rings. The van der Waals surface area contributed by atoms with Gasteiger partial charge >= 0.3 is 0 Å². The predicted molar refractivity (Wildman–Crippen MR) is 65.6 cm³/mol.